The van der Waals surface area contributed by atoms with E-state index in [0.29, 0.717) is 18.8 Å². The zero-order valence-corrected chi connectivity index (χ0v) is 17.5. The SMILES string of the molecule is CCN(CC)C(=O)C1CCN(C(=O)COc2ccc(C(C)(C)C)cc2)CC1. The number of piperidine rings is 1. The molecule has 0 aliphatic carbocycles. The molecule has 1 aromatic rings. The van der Waals surface area contributed by atoms with E-state index in [9.17, 15) is 9.59 Å². The maximum atomic E-state index is 12.4. The van der Waals surface area contributed by atoms with Crippen LogP contribution in [0.3, 0.4) is 0 Å². The number of hydrogen-bond acceptors (Lipinski definition) is 3. The smallest absolute Gasteiger partial charge is 0.260 e. The Morgan fingerprint density at radius 3 is 2.11 bits per heavy atom. The molecule has 1 aliphatic rings. The Labute approximate surface area is 163 Å². The van der Waals surface area contributed by atoms with E-state index in [1.54, 1.807) is 0 Å². The summed E-state index contributed by atoms with van der Waals surface area (Å²) in [4.78, 5) is 28.6. The van der Waals surface area contributed by atoms with Crippen molar-refractivity contribution in [1.29, 1.82) is 0 Å². The zero-order chi connectivity index (χ0) is 20.0. The lowest BCUT2D eigenvalue weighted by Gasteiger charge is -2.33. The van der Waals surface area contributed by atoms with Gasteiger partial charge in [-0.2, -0.15) is 0 Å². The van der Waals surface area contributed by atoms with Gasteiger partial charge in [-0.3, -0.25) is 9.59 Å². The van der Waals surface area contributed by atoms with E-state index in [1.165, 1.54) is 5.56 Å². The quantitative estimate of drug-likeness (QED) is 0.766. The van der Waals surface area contributed by atoms with Crippen molar-refractivity contribution in [3.63, 3.8) is 0 Å². The minimum atomic E-state index is -0.0105. The van der Waals surface area contributed by atoms with Gasteiger partial charge in [0.1, 0.15) is 5.75 Å². The maximum absolute atomic E-state index is 12.4. The lowest BCUT2D eigenvalue weighted by atomic mass is 9.87. The van der Waals surface area contributed by atoms with Gasteiger partial charge in [0.05, 0.1) is 0 Å². The predicted octanol–water partition coefficient (Wildman–Crippen LogP) is 3.47. The Bertz CT molecular complexity index is 622. The highest BCUT2D eigenvalue weighted by atomic mass is 16.5. The average molecular weight is 375 g/mol. The van der Waals surface area contributed by atoms with Gasteiger partial charge < -0.3 is 14.5 Å². The van der Waals surface area contributed by atoms with Crippen molar-refractivity contribution in [3.8, 4) is 5.75 Å². The van der Waals surface area contributed by atoms with Crippen molar-refractivity contribution in [3.05, 3.63) is 29.8 Å². The number of rotatable bonds is 6. The summed E-state index contributed by atoms with van der Waals surface area (Å²) in [6.07, 6.45) is 1.47. The van der Waals surface area contributed by atoms with Crippen molar-refractivity contribution < 1.29 is 14.3 Å². The Hall–Kier alpha value is -2.04. The van der Waals surface area contributed by atoms with Gasteiger partial charge in [-0.05, 0) is 49.8 Å². The number of amides is 2. The highest BCUT2D eigenvalue weighted by molar-refractivity contribution is 5.80. The summed E-state index contributed by atoms with van der Waals surface area (Å²) in [5, 5.41) is 0. The van der Waals surface area contributed by atoms with Crippen LogP contribution in [0, 0.1) is 5.92 Å². The molecule has 1 aromatic carbocycles. The summed E-state index contributed by atoms with van der Waals surface area (Å²) in [7, 11) is 0. The van der Waals surface area contributed by atoms with Gasteiger partial charge in [-0.25, -0.2) is 0 Å². The molecular weight excluding hydrogens is 340 g/mol. The van der Waals surface area contributed by atoms with Crippen LogP contribution in [0.25, 0.3) is 0 Å². The lowest BCUT2D eigenvalue weighted by Crippen LogP contribution is -2.45. The molecule has 0 spiro atoms. The third kappa shape index (κ3) is 5.72. The molecule has 1 heterocycles. The van der Waals surface area contributed by atoms with Crippen LogP contribution in [0.15, 0.2) is 24.3 Å². The summed E-state index contributed by atoms with van der Waals surface area (Å²) < 4.78 is 5.67. The molecule has 0 aromatic heterocycles. The van der Waals surface area contributed by atoms with Crippen molar-refractivity contribution >= 4 is 11.8 Å². The zero-order valence-electron chi connectivity index (χ0n) is 17.5. The van der Waals surface area contributed by atoms with Crippen LogP contribution in [0.4, 0.5) is 0 Å². The summed E-state index contributed by atoms with van der Waals surface area (Å²) in [6.45, 7) is 13.3. The fraction of sp³-hybridized carbons (Fsp3) is 0.636. The van der Waals surface area contributed by atoms with Crippen molar-refractivity contribution in [1.82, 2.24) is 9.80 Å². The molecule has 0 N–H and O–H groups in total. The molecule has 2 rings (SSSR count). The summed E-state index contributed by atoms with van der Waals surface area (Å²) in [5.74, 6) is 0.966. The average Bonchev–Trinajstić information content (AvgIpc) is 2.66. The number of benzene rings is 1. The molecule has 0 unspecified atom stereocenters. The molecule has 2 amide bonds. The van der Waals surface area contributed by atoms with E-state index in [1.807, 2.05) is 47.9 Å². The molecule has 5 nitrogen and oxygen atoms in total. The third-order valence-corrected chi connectivity index (χ3v) is 5.35. The molecule has 0 bridgehead atoms. The number of carbonyl (C=O) groups excluding carboxylic acids is 2. The number of hydrogen-bond donors (Lipinski definition) is 0. The van der Waals surface area contributed by atoms with Crippen molar-refractivity contribution in [2.45, 2.75) is 52.9 Å². The van der Waals surface area contributed by atoms with E-state index >= 15 is 0 Å². The topological polar surface area (TPSA) is 49.9 Å². The second-order valence-electron chi connectivity index (χ2n) is 8.23. The van der Waals surface area contributed by atoms with Crippen LogP contribution in [-0.4, -0.2) is 54.4 Å². The lowest BCUT2D eigenvalue weighted by molar-refractivity contribution is -0.141. The van der Waals surface area contributed by atoms with Gasteiger partial charge in [0.25, 0.3) is 5.91 Å². The van der Waals surface area contributed by atoms with Crippen LogP contribution < -0.4 is 4.74 Å². The Morgan fingerprint density at radius 1 is 1.07 bits per heavy atom. The van der Waals surface area contributed by atoms with Crippen LogP contribution in [-0.2, 0) is 15.0 Å². The molecule has 0 atom stereocenters. The van der Waals surface area contributed by atoms with E-state index < -0.39 is 0 Å². The second kappa shape index (κ2) is 9.25. The number of carbonyl (C=O) groups is 2. The van der Waals surface area contributed by atoms with Gasteiger partial charge in [0.15, 0.2) is 6.61 Å². The largest absolute Gasteiger partial charge is 0.484 e. The van der Waals surface area contributed by atoms with Gasteiger partial charge in [-0.1, -0.05) is 32.9 Å². The fourth-order valence-electron chi connectivity index (χ4n) is 3.46. The molecule has 150 valence electrons. The van der Waals surface area contributed by atoms with E-state index in [0.717, 1.165) is 25.9 Å². The highest BCUT2D eigenvalue weighted by Gasteiger charge is 2.29. The van der Waals surface area contributed by atoms with Crippen molar-refractivity contribution in [2.75, 3.05) is 32.8 Å². The fourth-order valence-corrected chi connectivity index (χ4v) is 3.46. The normalized spacial score (nSPS) is 15.5. The minimum Gasteiger partial charge on any atom is -0.484 e. The molecule has 1 aliphatic heterocycles. The summed E-state index contributed by atoms with van der Waals surface area (Å²) in [6, 6.07) is 7.93. The Balaban J connectivity index is 1.80. The van der Waals surface area contributed by atoms with Gasteiger partial charge in [-0.15, -0.1) is 0 Å². The highest BCUT2D eigenvalue weighted by Crippen LogP contribution is 2.24. The van der Waals surface area contributed by atoms with Gasteiger partial charge in [0, 0.05) is 32.1 Å². The maximum Gasteiger partial charge on any atom is 0.260 e. The Kier molecular flexibility index (Phi) is 7.28. The van der Waals surface area contributed by atoms with Crippen LogP contribution in [0.2, 0.25) is 0 Å². The molecule has 5 heteroatoms. The molecule has 1 saturated heterocycles. The molecule has 27 heavy (non-hydrogen) atoms. The molecule has 0 radical (unpaired) electrons. The Morgan fingerprint density at radius 2 is 1.63 bits per heavy atom. The van der Waals surface area contributed by atoms with E-state index in [2.05, 4.69) is 20.8 Å². The standard InChI is InChI=1S/C22H34N2O3/c1-6-23(7-2)21(26)17-12-14-24(15-13-17)20(25)16-27-19-10-8-18(9-11-19)22(3,4)5/h8-11,17H,6-7,12-16H2,1-5H3. The van der Waals surface area contributed by atoms with Crippen LogP contribution in [0.1, 0.15) is 53.0 Å². The van der Waals surface area contributed by atoms with E-state index in [-0.39, 0.29) is 29.8 Å². The molecular formula is C22H34N2O3. The monoisotopic (exact) mass is 374 g/mol. The molecule has 0 saturated carbocycles. The minimum absolute atomic E-state index is 0.0105. The number of ether oxygens (including phenoxy) is 1. The first-order valence-corrected chi connectivity index (χ1v) is 10.1. The van der Waals surface area contributed by atoms with Crippen molar-refractivity contribution in [2.24, 2.45) is 5.92 Å². The van der Waals surface area contributed by atoms with Gasteiger partial charge >= 0.3 is 0 Å². The second-order valence-corrected chi connectivity index (χ2v) is 8.23. The summed E-state index contributed by atoms with van der Waals surface area (Å²) in [5.41, 5.74) is 1.34. The molecule has 1 fully saturated rings. The third-order valence-electron chi connectivity index (χ3n) is 5.35. The first-order chi connectivity index (χ1) is 12.8. The summed E-state index contributed by atoms with van der Waals surface area (Å²) >= 11 is 0. The van der Waals surface area contributed by atoms with Crippen LogP contribution >= 0.6 is 0 Å². The van der Waals surface area contributed by atoms with Gasteiger partial charge in [0.2, 0.25) is 5.91 Å². The van der Waals surface area contributed by atoms with Crippen LogP contribution in [0.5, 0.6) is 5.75 Å². The predicted molar refractivity (Wildman–Crippen MR) is 108 cm³/mol. The first-order valence-electron chi connectivity index (χ1n) is 10.1. The van der Waals surface area contributed by atoms with E-state index in [4.69, 9.17) is 4.74 Å². The first kappa shape index (κ1) is 21.3. The number of likely N-dealkylation sites (tertiary alicyclic amines) is 1. The number of nitrogens with zero attached hydrogens (tertiary/aromatic N) is 2.